The Morgan fingerprint density at radius 3 is 2.39 bits per heavy atom. The maximum Gasteiger partial charge on any atom is 0.481 e. The Morgan fingerprint density at radius 2 is 1.72 bits per heavy atom. The number of esters is 1. The number of phosphoric acid groups is 3. The molecular weight excluding hydrogens is 859 g/mol. The first-order valence-corrected chi connectivity index (χ1v) is 21.4. The number of imidazole rings is 1. The Labute approximate surface area is 325 Å². The number of nitrogen functional groups attached to an aromatic ring is 1. The summed E-state index contributed by atoms with van der Waals surface area (Å²) in [6.07, 6.45) is -7.18. The Kier molecular flexibility index (Phi) is 17.5. The van der Waals surface area contributed by atoms with Crippen LogP contribution in [-0.2, 0) is 64.4 Å². The predicted octanol–water partition coefficient (Wildman–Crippen LogP) is -2.87. The fourth-order valence-electron chi connectivity index (χ4n) is 4.50. The highest BCUT2D eigenvalue weighted by Crippen LogP contribution is 2.61. The summed E-state index contributed by atoms with van der Waals surface area (Å²) in [5.74, 6) is -4.25. The molecule has 322 valence electrons. The molecule has 3 heterocycles. The zero-order valence-electron chi connectivity index (χ0n) is 29.7. The molecule has 0 aromatic carbocycles. The van der Waals surface area contributed by atoms with E-state index in [0.29, 0.717) is 12.0 Å². The van der Waals surface area contributed by atoms with Crippen molar-refractivity contribution < 1.29 is 99.3 Å². The molecule has 0 radical (unpaired) electrons. The molecule has 1 saturated heterocycles. The van der Waals surface area contributed by atoms with Crippen LogP contribution in [0.1, 0.15) is 26.5 Å². The molecule has 2 aromatic rings. The van der Waals surface area contributed by atoms with E-state index in [4.69, 9.17) is 24.6 Å². The van der Waals surface area contributed by atoms with Crippen molar-refractivity contribution in [2.45, 2.75) is 50.9 Å². The predicted molar refractivity (Wildman–Crippen MR) is 186 cm³/mol. The Balaban J connectivity index is 1.46. The lowest BCUT2D eigenvalue weighted by molar-refractivity contribution is -0.162. The highest BCUT2D eigenvalue weighted by atomic mass is 32.2. The molecule has 2 aromatic heterocycles. The number of aliphatic hydroxyl groups excluding tert-OH is 3. The van der Waals surface area contributed by atoms with Gasteiger partial charge in [0.25, 0.3) is 0 Å². The van der Waals surface area contributed by atoms with Gasteiger partial charge in [-0.3, -0.25) is 27.7 Å². The van der Waals surface area contributed by atoms with Crippen molar-refractivity contribution in [1.29, 1.82) is 0 Å². The second-order valence-electron chi connectivity index (χ2n) is 12.1. The van der Waals surface area contributed by atoms with Gasteiger partial charge in [0.1, 0.15) is 42.9 Å². The highest BCUT2D eigenvalue weighted by molar-refractivity contribution is 7.95. The number of nitrogens with zero attached hydrogens (tertiary/aromatic N) is 4. The maximum absolute atomic E-state index is 12.7. The summed E-state index contributed by atoms with van der Waals surface area (Å²) in [6, 6.07) is 0. The van der Waals surface area contributed by atoms with Crippen molar-refractivity contribution in [2.24, 2.45) is 5.41 Å². The molecule has 32 heteroatoms. The van der Waals surface area contributed by atoms with Crippen molar-refractivity contribution in [1.82, 2.24) is 30.2 Å². The number of amides is 2. The van der Waals surface area contributed by atoms with Crippen LogP contribution in [0.2, 0.25) is 0 Å². The molecule has 0 aliphatic carbocycles. The van der Waals surface area contributed by atoms with Crippen LogP contribution < -0.4 is 16.4 Å². The number of nitrogens with two attached hydrogens (primary N) is 1. The normalized spacial score (nSPS) is 21.3. The summed E-state index contributed by atoms with van der Waals surface area (Å²) in [5, 5.41) is 34.6. The minimum atomic E-state index is -5.60. The van der Waals surface area contributed by atoms with E-state index in [1.54, 1.807) is 0 Å². The fourth-order valence-corrected chi connectivity index (χ4v) is 7.77. The number of aliphatic hydroxyl groups is 3. The largest absolute Gasteiger partial charge is 0.481 e. The van der Waals surface area contributed by atoms with Crippen LogP contribution in [0.5, 0.6) is 0 Å². The van der Waals surface area contributed by atoms with Gasteiger partial charge >= 0.3 is 35.4 Å². The summed E-state index contributed by atoms with van der Waals surface area (Å²) >= 11 is 0.543. The van der Waals surface area contributed by atoms with Gasteiger partial charge < -0.3 is 64.9 Å². The van der Waals surface area contributed by atoms with E-state index < -0.39 is 103 Å². The number of hydrogen-bond donors (Lipinski definition) is 10. The van der Waals surface area contributed by atoms with Gasteiger partial charge in [-0.25, -0.2) is 38.2 Å². The molecule has 1 aliphatic rings. The average molecular weight is 900 g/mol. The number of aromatic nitrogens is 4. The van der Waals surface area contributed by atoms with Crippen molar-refractivity contribution in [3.8, 4) is 0 Å². The molecule has 1 aliphatic heterocycles. The third-order valence-corrected chi connectivity index (χ3v) is 11.0. The average Bonchev–Trinajstić information content (AvgIpc) is 3.68. The van der Waals surface area contributed by atoms with Crippen LogP contribution in [-0.4, -0.2) is 148 Å². The lowest BCUT2D eigenvalue weighted by Gasteiger charge is -2.30. The van der Waals surface area contributed by atoms with Crippen molar-refractivity contribution in [2.75, 3.05) is 51.0 Å². The first-order chi connectivity index (χ1) is 26.5. The van der Waals surface area contributed by atoms with Gasteiger partial charge in [0, 0.05) is 30.7 Å². The molecule has 3 rings (SSSR count). The Bertz CT molecular complexity index is 1880. The molecule has 0 spiro atoms. The van der Waals surface area contributed by atoms with E-state index in [9.17, 15) is 62.7 Å². The molecule has 2 amide bonds. The lowest BCUT2D eigenvalue weighted by atomic mass is 9.87. The topological polar surface area (TPSA) is 419 Å². The van der Waals surface area contributed by atoms with E-state index in [1.807, 2.05) is 0 Å². The van der Waals surface area contributed by atoms with Crippen molar-refractivity contribution in [3.05, 3.63) is 12.7 Å². The number of hydrogen-bond acceptors (Lipinski definition) is 22. The second kappa shape index (κ2) is 20.7. The molecular formula is C25H40N7O21P3S. The second-order valence-corrected chi connectivity index (χ2v) is 17.2. The summed E-state index contributed by atoms with van der Waals surface area (Å²) in [5.41, 5.74) is 4.17. The Morgan fingerprint density at radius 1 is 1.04 bits per heavy atom. The maximum atomic E-state index is 12.7. The van der Waals surface area contributed by atoms with Crippen LogP contribution in [0.3, 0.4) is 0 Å². The van der Waals surface area contributed by atoms with Gasteiger partial charge in [-0.15, -0.1) is 0 Å². The lowest BCUT2D eigenvalue weighted by Crippen LogP contribution is -2.46. The van der Waals surface area contributed by atoms with E-state index in [1.165, 1.54) is 13.8 Å². The molecule has 57 heavy (non-hydrogen) atoms. The third-order valence-electron chi connectivity index (χ3n) is 7.21. The number of nitrogens with one attached hydrogen (secondary N) is 2. The van der Waals surface area contributed by atoms with E-state index in [2.05, 4.69) is 43.3 Å². The van der Waals surface area contributed by atoms with E-state index in [-0.39, 0.29) is 48.9 Å². The number of carbonyl (C=O) groups excluding carboxylic acids is 4. The highest BCUT2D eigenvalue weighted by Gasteiger charge is 2.50. The summed E-state index contributed by atoms with van der Waals surface area (Å²) in [7, 11) is -16.5. The number of phosphoric ester groups is 3. The molecule has 3 unspecified atom stereocenters. The smallest absolute Gasteiger partial charge is 0.455 e. The number of rotatable bonds is 22. The van der Waals surface area contributed by atoms with Gasteiger partial charge in [0.05, 0.1) is 38.2 Å². The monoisotopic (exact) mass is 899 g/mol. The first-order valence-electron chi connectivity index (χ1n) is 16.0. The molecule has 0 saturated carbocycles. The minimum absolute atomic E-state index is 0.0147. The third kappa shape index (κ3) is 14.8. The first kappa shape index (κ1) is 48.2. The Hall–Kier alpha value is -3.21. The standard InChI is InChI=1S/C25H40N7O21P3S/c1-25(2,18(36)21(37)28-4-3-14(34)27-5-8-57-52-24(39)23(38)47-7-6-33)10-49-56(45,46)53-55(43,44)48-9-13-17(51-54(40,41)42)16(35)22(50-13)32-12-31-15-19(26)29-11-30-20(15)32/h11-13,16-18,22,33,35-36H,3-10H2,1-2H3,(H,27,34)(H,28,37)(H,43,44)(H,45,46)(H2,26,29,30)(H2,40,41,42)/t13-,16-,17-,18?,22-/m1/s1. The van der Waals surface area contributed by atoms with Crippen LogP contribution >= 0.6 is 35.5 Å². The van der Waals surface area contributed by atoms with Crippen molar-refractivity contribution in [3.63, 3.8) is 0 Å². The quantitative estimate of drug-likeness (QED) is 0.0187. The number of carbonyl (C=O) groups is 4. The number of fused-ring (bicyclic) bond motifs is 1. The van der Waals surface area contributed by atoms with Crippen molar-refractivity contribution >= 4 is 76.2 Å². The number of anilines is 1. The van der Waals surface area contributed by atoms with Gasteiger partial charge in [-0.2, -0.15) is 4.31 Å². The van der Waals surface area contributed by atoms with Gasteiger partial charge in [-0.05, 0) is 0 Å². The van der Waals surface area contributed by atoms with Crippen LogP contribution in [0.15, 0.2) is 12.7 Å². The van der Waals surface area contributed by atoms with Gasteiger partial charge in [0.15, 0.2) is 17.7 Å². The molecule has 7 atom stereocenters. The molecule has 28 nitrogen and oxygen atoms in total. The molecule has 0 bridgehead atoms. The van der Waals surface area contributed by atoms with Crippen LogP contribution in [0.4, 0.5) is 5.82 Å². The summed E-state index contributed by atoms with van der Waals surface area (Å²) < 4.78 is 70.8. The van der Waals surface area contributed by atoms with E-state index >= 15 is 0 Å². The van der Waals surface area contributed by atoms with Crippen LogP contribution in [0.25, 0.3) is 11.2 Å². The zero-order valence-corrected chi connectivity index (χ0v) is 33.2. The number of ether oxygens (including phenoxy) is 2. The summed E-state index contributed by atoms with van der Waals surface area (Å²) in [4.78, 5) is 97.9. The zero-order chi connectivity index (χ0) is 42.8. The SMILES string of the molecule is CC(C)(COP(=O)(O)OP(=O)(O)OC[C@H]1O[C@@H](n2cnc3c(N)ncnc32)[C@H](O)[C@@H]1OP(=O)(O)O)C(O)C(=O)NCCC(=O)NCCSOC(=O)C(=O)OCCO. The molecule has 1 fully saturated rings. The van der Waals surface area contributed by atoms with Crippen LogP contribution in [0, 0.1) is 5.41 Å². The fraction of sp³-hybridized carbons (Fsp3) is 0.640. The molecule has 11 N–H and O–H groups in total. The van der Waals surface area contributed by atoms with E-state index in [0.717, 1.165) is 17.2 Å². The van der Waals surface area contributed by atoms with Gasteiger partial charge in [-0.1, -0.05) is 13.8 Å². The summed E-state index contributed by atoms with van der Waals surface area (Å²) in [6.45, 7) is -0.837. The minimum Gasteiger partial charge on any atom is -0.455 e. The van der Waals surface area contributed by atoms with Gasteiger partial charge in [0.2, 0.25) is 11.8 Å².